The molecule has 1 atom stereocenters. The molecule has 1 fully saturated rings. The number of esters is 1. The van der Waals surface area contributed by atoms with E-state index in [1.165, 1.54) is 11.6 Å². The van der Waals surface area contributed by atoms with Gasteiger partial charge in [-0.15, -0.1) is 0 Å². The largest absolute Gasteiger partial charge is 0.462 e. The van der Waals surface area contributed by atoms with Gasteiger partial charge in [-0.25, -0.2) is 4.79 Å². The van der Waals surface area contributed by atoms with Crippen LogP contribution in [0.2, 0.25) is 0 Å². The van der Waals surface area contributed by atoms with E-state index in [2.05, 4.69) is 17.4 Å². The number of nitrogens with zero attached hydrogens (tertiary/aromatic N) is 1. The molecule has 0 aromatic heterocycles. The zero-order valence-electron chi connectivity index (χ0n) is 18.2. The number of hydrogen-bond acceptors (Lipinski definition) is 4. The second-order valence-electron chi connectivity index (χ2n) is 7.70. The number of carbonyl (C=O) groups is 3. The Kier molecular flexibility index (Phi) is 8.37. The number of amides is 2. The van der Waals surface area contributed by atoms with Gasteiger partial charge in [-0.2, -0.15) is 0 Å². The molecule has 1 heterocycles. The van der Waals surface area contributed by atoms with Gasteiger partial charge < -0.3 is 15.0 Å². The average molecular weight is 433 g/mol. The molecule has 166 valence electrons. The number of allylic oxidation sites excluding steroid dienone is 3. The summed E-state index contributed by atoms with van der Waals surface area (Å²) < 4.78 is 5.43. The van der Waals surface area contributed by atoms with Gasteiger partial charge in [-0.3, -0.25) is 9.59 Å². The van der Waals surface area contributed by atoms with Crippen molar-refractivity contribution < 1.29 is 19.1 Å². The molecule has 2 aromatic carbocycles. The zero-order chi connectivity index (χ0) is 22.8. The second kappa shape index (κ2) is 11.6. The van der Waals surface area contributed by atoms with E-state index in [9.17, 15) is 14.4 Å². The first-order chi connectivity index (χ1) is 15.5. The molecular weight excluding hydrogens is 404 g/mol. The Morgan fingerprint density at radius 3 is 2.56 bits per heavy atom. The molecule has 3 rings (SSSR count). The fraction of sp³-hybridized carbons (Fsp3) is 0.269. The van der Waals surface area contributed by atoms with E-state index >= 15 is 0 Å². The topological polar surface area (TPSA) is 75.7 Å². The number of benzene rings is 2. The number of rotatable bonds is 9. The van der Waals surface area contributed by atoms with Crippen molar-refractivity contribution in [2.24, 2.45) is 5.92 Å². The molecule has 0 bridgehead atoms. The molecule has 2 amide bonds. The van der Waals surface area contributed by atoms with Crippen molar-refractivity contribution >= 4 is 23.5 Å². The van der Waals surface area contributed by atoms with E-state index in [1.807, 2.05) is 36.1 Å². The first-order valence-corrected chi connectivity index (χ1v) is 10.7. The van der Waals surface area contributed by atoms with Crippen LogP contribution in [0, 0.1) is 5.92 Å². The third kappa shape index (κ3) is 6.94. The number of carbonyl (C=O) groups excluding carboxylic acids is 3. The van der Waals surface area contributed by atoms with Crippen LogP contribution in [0.4, 0.5) is 5.69 Å². The average Bonchev–Trinajstić information content (AvgIpc) is 3.17. The normalized spacial score (nSPS) is 16.1. The summed E-state index contributed by atoms with van der Waals surface area (Å²) in [5.74, 6) is -0.581. The maximum Gasteiger partial charge on any atom is 0.338 e. The molecule has 2 aromatic rings. The molecule has 1 aliphatic heterocycles. The molecular formula is C26H28N2O4. The predicted octanol–water partition coefficient (Wildman–Crippen LogP) is 4.01. The van der Waals surface area contributed by atoms with E-state index in [1.54, 1.807) is 36.4 Å². The van der Waals surface area contributed by atoms with Crippen molar-refractivity contribution in [3.05, 3.63) is 90.0 Å². The van der Waals surface area contributed by atoms with Gasteiger partial charge in [0.1, 0.15) is 0 Å². The lowest BCUT2D eigenvalue weighted by molar-refractivity contribution is -0.127. The van der Waals surface area contributed by atoms with Crippen molar-refractivity contribution in [1.82, 2.24) is 4.90 Å². The summed E-state index contributed by atoms with van der Waals surface area (Å²) in [5, 5.41) is 2.72. The maximum atomic E-state index is 12.4. The second-order valence-corrected chi connectivity index (χ2v) is 7.70. The lowest BCUT2D eigenvalue weighted by atomic mass is 10.1. The number of ether oxygens (including phenoxy) is 1. The molecule has 1 aliphatic rings. The fourth-order valence-corrected chi connectivity index (χ4v) is 3.49. The van der Waals surface area contributed by atoms with Crippen molar-refractivity contribution in [2.75, 3.05) is 25.0 Å². The van der Waals surface area contributed by atoms with Crippen molar-refractivity contribution in [3.63, 3.8) is 0 Å². The quantitative estimate of drug-likeness (QED) is 0.369. The van der Waals surface area contributed by atoms with Crippen LogP contribution in [0.5, 0.6) is 0 Å². The van der Waals surface area contributed by atoms with Crippen LogP contribution in [0.25, 0.3) is 0 Å². The van der Waals surface area contributed by atoms with Crippen LogP contribution in [-0.2, 0) is 20.7 Å². The Balaban J connectivity index is 1.43. The van der Waals surface area contributed by atoms with Gasteiger partial charge in [0.15, 0.2) is 0 Å². The van der Waals surface area contributed by atoms with Crippen LogP contribution in [0.3, 0.4) is 0 Å². The van der Waals surface area contributed by atoms with Crippen LogP contribution >= 0.6 is 0 Å². The van der Waals surface area contributed by atoms with Gasteiger partial charge >= 0.3 is 5.97 Å². The van der Waals surface area contributed by atoms with Gasteiger partial charge in [0.2, 0.25) is 11.8 Å². The lowest BCUT2D eigenvalue weighted by Gasteiger charge is -2.16. The number of nitrogens with one attached hydrogen (secondary N) is 1. The smallest absolute Gasteiger partial charge is 0.338 e. The summed E-state index contributed by atoms with van der Waals surface area (Å²) in [6.45, 7) is 3.35. The highest BCUT2D eigenvalue weighted by molar-refractivity contribution is 5.99. The van der Waals surface area contributed by atoms with Gasteiger partial charge in [0.25, 0.3) is 0 Å². The molecule has 0 saturated carbocycles. The van der Waals surface area contributed by atoms with Crippen LogP contribution in [-0.4, -0.2) is 42.4 Å². The van der Waals surface area contributed by atoms with Gasteiger partial charge in [-0.05, 0) is 43.2 Å². The minimum absolute atomic E-state index is 0.00439. The van der Waals surface area contributed by atoms with E-state index in [4.69, 9.17) is 4.74 Å². The Labute approximate surface area is 188 Å². The van der Waals surface area contributed by atoms with Crippen LogP contribution in [0.1, 0.15) is 29.3 Å². The third-order valence-corrected chi connectivity index (χ3v) is 5.20. The lowest BCUT2D eigenvalue weighted by Crippen LogP contribution is -2.28. The molecule has 0 radical (unpaired) electrons. The SMILES string of the molecule is CC=CC=CC(=O)Nc1ccc(C(=O)OCC2CC(=O)N(CCc3ccccc3)C2)cc1. The van der Waals surface area contributed by atoms with Gasteiger partial charge in [0.05, 0.1) is 12.2 Å². The Morgan fingerprint density at radius 1 is 1.09 bits per heavy atom. The molecule has 0 aliphatic carbocycles. The number of anilines is 1. The van der Waals surface area contributed by atoms with E-state index in [0.717, 1.165) is 6.42 Å². The Bertz CT molecular complexity index is 981. The van der Waals surface area contributed by atoms with E-state index in [-0.39, 0.29) is 24.3 Å². The molecule has 1 unspecified atom stereocenters. The predicted molar refractivity (Wildman–Crippen MR) is 124 cm³/mol. The molecule has 32 heavy (non-hydrogen) atoms. The highest BCUT2D eigenvalue weighted by Crippen LogP contribution is 2.19. The highest BCUT2D eigenvalue weighted by Gasteiger charge is 2.30. The molecule has 0 spiro atoms. The maximum absolute atomic E-state index is 12.4. The first kappa shape index (κ1) is 23.0. The van der Waals surface area contributed by atoms with E-state index in [0.29, 0.717) is 30.8 Å². The molecule has 6 heteroatoms. The Morgan fingerprint density at radius 2 is 1.84 bits per heavy atom. The number of likely N-dealkylation sites (tertiary alicyclic amines) is 1. The Hall–Kier alpha value is -3.67. The van der Waals surface area contributed by atoms with Gasteiger partial charge in [0, 0.05) is 37.2 Å². The van der Waals surface area contributed by atoms with E-state index < -0.39 is 5.97 Å². The summed E-state index contributed by atoms with van der Waals surface area (Å²) in [4.78, 5) is 38.2. The summed E-state index contributed by atoms with van der Waals surface area (Å²) in [6, 6.07) is 16.6. The van der Waals surface area contributed by atoms with Crippen molar-refractivity contribution in [2.45, 2.75) is 19.8 Å². The third-order valence-electron chi connectivity index (χ3n) is 5.20. The highest BCUT2D eigenvalue weighted by atomic mass is 16.5. The van der Waals surface area contributed by atoms with Crippen molar-refractivity contribution in [3.8, 4) is 0 Å². The van der Waals surface area contributed by atoms with Crippen LogP contribution in [0.15, 0.2) is 78.9 Å². The monoisotopic (exact) mass is 432 g/mol. The van der Waals surface area contributed by atoms with Crippen LogP contribution < -0.4 is 5.32 Å². The summed E-state index contributed by atoms with van der Waals surface area (Å²) in [6.07, 6.45) is 7.87. The minimum Gasteiger partial charge on any atom is -0.462 e. The summed E-state index contributed by atoms with van der Waals surface area (Å²) >= 11 is 0. The fourth-order valence-electron chi connectivity index (χ4n) is 3.49. The summed E-state index contributed by atoms with van der Waals surface area (Å²) in [7, 11) is 0. The summed E-state index contributed by atoms with van der Waals surface area (Å²) in [5.41, 5.74) is 2.19. The standard InChI is InChI=1S/C26H28N2O4/c1-2-3-5-10-24(29)27-23-13-11-22(12-14-23)26(31)32-19-21-17-25(30)28(18-21)16-15-20-8-6-4-7-9-20/h2-14,21H,15-19H2,1H3,(H,27,29). The van der Waals surface area contributed by atoms with Gasteiger partial charge in [-0.1, -0.05) is 48.6 Å². The first-order valence-electron chi connectivity index (χ1n) is 10.7. The molecule has 1 N–H and O–H groups in total. The molecule has 6 nitrogen and oxygen atoms in total. The zero-order valence-corrected chi connectivity index (χ0v) is 18.2. The minimum atomic E-state index is -0.439. The number of hydrogen-bond donors (Lipinski definition) is 1. The molecule has 1 saturated heterocycles. The van der Waals surface area contributed by atoms with Crippen molar-refractivity contribution in [1.29, 1.82) is 0 Å².